The average molecular weight is 263 g/mol. The summed E-state index contributed by atoms with van der Waals surface area (Å²) in [6.07, 6.45) is 1.09. The van der Waals surface area contributed by atoms with E-state index in [-0.39, 0.29) is 0 Å². The summed E-state index contributed by atoms with van der Waals surface area (Å²) >= 11 is 0. The zero-order valence-corrected chi connectivity index (χ0v) is 12.4. The third-order valence-electron chi connectivity index (χ3n) is 3.53. The third kappa shape index (κ3) is 3.91. The summed E-state index contributed by atoms with van der Waals surface area (Å²) in [5.74, 6) is 1.05. The Labute approximate surface area is 116 Å². The van der Waals surface area contributed by atoms with Gasteiger partial charge in [-0.2, -0.15) is 0 Å². The van der Waals surface area contributed by atoms with E-state index in [0.717, 1.165) is 37.7 Å². The van der Waals surface area contributed by atoms with Crippen molar-refractivity contribution >= 4 is 5.82 Å². The van der Waals surface area contributed by atoms with Gasteiger partial charge in [0.1, 0.15) is 5.82 Å². The average Bonchev–Trinajstić information content (AvgIpc) is 2.88. The van der Waals surface area contributed by atoms with Crippen molar-refractivity contribution in [2.24, 2.45) is 0 Å². The minimum absolute atomic E-state index is 0.459. The second kappa shape index (κ2) is 6.35. The molecule has 1 saturated heterocycles. The van der Waals surface area contributed by atoms with Crippen molar-refractivity contribution in [1.29, 1.82) is 0 Å². The highest BCUT2D eigenvalue weighted by atomic mass is 16.5. The number of anilines is 1. The Kier molecular flexibility index (Phi) is 4.77. The van der Waals surface area contributed by atoms with E-state index in [4.69, 9.17) is 4.74 Å². The van der Waals surface area contributed by atoms with Crippen molar-refractivity contribution in [2.45, 2.75) is 45.8 Å². The fourth-order valence-electron chi connectivity index (χ4n) is 2.34. The van der Waals surface area contributed by atoms with Gasteiger partial charge in [0.25, 0.3) is 0 Å². The minimum atomic E-state index is 0.459. The van der Waals surface area contributed by atoms with Crippen molar-refractivity contribution in [3.05, 3.63) is 23.4 Å². The van der Waals surface area contributed by atoms with Crippen LogP contribution in [-0.2, 0) is 11.3 Å². The quantitative estimate of drug-likeness (QED) is 0.883. The standard InChI is InChI=1S/C15H25N3O/c1-11(2)16-9-13-7-12(3)17-15(8-13)18(4)14-5-6-19-10-14/h7-8,11,14,16H,5-6,9-10H2,1-4H3. The van der Waals surface area contributed by atoms with Gasteiger partial charge in [-0.05, 0) is 31.0 Å². The lowest BCUT2D eigenvalue weighted by molar-refractivity contribution is 0.193. The van der Waals surface area contributed by atoms with Crippen LogP contribution in [0.3, 0.4) is 0 Å². The fourth-order valence-corrected chi connectivity index (χ4v) is 2.34. The predicted molar refractivity (Wildman–Crippen MR) is 78.6 cm³/mol. The van der Waals surface area contributed by atoms with Gasteiger partial charge in [0.15, 0.2) is 0 Å². The van der Waals surface area contributed by atoms with E-state index in [0.29, 0.717) is 12.1 Å². The van der Waals surface area contributed by atoms with E-state index in [1.54, 1.807) is 0 Å². The first kappa shape index (κ1) is 14.3. The first-order chi connectivity index (χ1) is 9.06. The molecule has 1 aromatic heterocycles. The predicted octanol–water partition coefficient (Wildman–Crippen LogP) is 2.11. The SMILES string of the molecule is Cc1cc(CNC(C)C)cc(N(C)C2CCOC2)n1. The summed E-state index contributed by atoms with van der Waals surface area (Å²) in [4.78, 5) is 6.90. The van der Waals surface area contributed by atoms with Crippen LogP contribution < -0.4 is 10.2 Å². The molecule has 0 aromatic carbocycles. The fraction of sp³-hybridized carbons (Fsp3) is 0.667. The Balaban J connectivity index is 2.11. The number of nitrogens with zero attached hydrogens (tertiary/aromatic N) is 2. The molecule has 1 N–H and O–H groups in total. The van der Waals surface area contributed by atoms with Crippen LogP contribution in [0.1, 0.15) is 31.5 Å². The lowest BCUT2D eigenvalue weighted by Gasteiger charge is -2.25. The van der Waals surface area contributed by atoms with Crippen molar-refractivity contribution in [3.8, 4) is 0 Å². The van der Waals surface area contributed by atoms with Crippen molar-refractivity contribution in [1.82, 2.24) is 10.3 Å². The van der Waals surface area contributed by atoms with E-state index in [1.165, 1.54) is 5.56 Å². The number of pyridine rings is 1. The van der Waals surface area contributed by atoms with Gasteiger partial charge in [-0.1, -0.05) is 13.8 Å². The second-order valence-corrected chi connectivity index (χ2v) is 5.64. The molecule has 0 saturated carbocycles. The molecule has 0 aliphatic carbocycles. The Bertz CT molecular complexity index is 414. The molecule has 4 nitrogen and oxygen atoms in total. The van der Waals surface area contributed by atoms with E-state index >= 15 is 0 Å². The molecule has 0 amide bonds. The lowest BCUT2D eigenvalue weighted by atomic mass is 10.2. The van der Waals surface area contributed by atoms with Gasteiger partial charge < -0.3 is 15.0 Å². The molecule has 4 heteroatoms. The van der Waals surface area contributed by atoms with E-state index < -0.39 is 0 Å². The van der Waals surface area contributed by atoms with Crippen LogP contribution >= 0.6 is 0 Å². The summed E-state index contributed by atoms with van der Waals surface area (Å²) in [7, 11) is 2.11. The summed E-state index contributed by atoms with van der Waals surface area (Å²) in [6.45, 7) is 8.95. The molecule has 0 spiro atoms. The van der Waals surface area contributed by atoms with Gasteiger partial charge in [0.2, 0.25) is 0 Å². The van der Waals surface area contributed by atoms with E-state index in [2.05, 4.69) is 55.2 Å². The molecule has 19 heavy (non-hydrogen) atoms. The van der Waals surface area contributed by atoms with E-state index in [9.17, 15) is 0 Å². The lowest BCUT2D eigenvalue weighted by Crippen LogP contribution is -2.32. The molecule has 1 aromatic rings. The Morgan fingerprint density at radius 2 is 2.26 bits per heavy atom. The van der Waals surface area contributed by atoms with Crippen molar-refractivity contribution in [2.75, 3.05) is 25.2 Å². The molecule has 1 atom stereocenters. The Morgan fingerprint density at radius 3 is 2.89 bits per heavy atom. The molecule has 1 unspecified atom stereocenters. The number of aryl methyl sites for hydroxylation is 1. The largest absolute Gasteiger partial charge is 0.379 e. The van der Waals surface area contributed by atoms with Gasteiger partial charge in [-0.3, -0.25) is 0 Å². The maximum absolute atomic E-state index is 5.46. The number of nitrogens with one attached hydrogen (secondary N) is 1. The highest BCUT2D eigenvalue weighted by Gasteiger charge is 2.21. The molecule has 1 aliphatic rings. The van der Waals surface area contributed by atoms with Crippen molar-refractivity contribution in [3.63, 3.8) is 0 Å². The molecular formula is C15H25N3O. The first-order valence-corrected chi connectivity index (χ1v) is 7.08. The zero-order chi connectivity index (χ0) is 13.8. The van der Waals surface area contributed by atoms with Crippen LogP contribution in [0.2, 0.25) is 0 Å². The zero-order valence-electron chi connectivity index (χ0n) is 12.4. The maximum atomic E-state index is 5.46. The number of likely N-dealkylation sites (N-methyl/N-ethyl adjacent to an activating group) is 1. The molecule has 106 valence electrons. The molecule has 1 aliphatic heterocycles. The van der Waals surface area contributed by atoms with Gasteiger partial charge >= 0.3 is 0 Å². The molecule has 2 heterocycles. The number of hydrogen-bond acceptors (Lipinski definition) is 4. The number of ether oxygens (including phenoxy) is 1. The smallest absolute Gasteiger partial charge is 0.129 e. The summed E-state index contributed by atoms with van der Waals surface area (Å²) in [6, 6.07) is 5.29. The summed E-state index contributed by atoms with van der Waals surface area (Å²) in [5, 5.41) is 3.45. The topological polar surface area (TPSA) is 37.4 Å². The van der Waals surface area contributed by atoms with Crippen LogP contribution in [0.25, 0.3) is 0 Å². The molecular weight excluding hydrogens is 238 g/mol. The van der Waals surface area contributed by atoms with E-state index in [1.807, 2.05) is 0 Å². The Hall–Kier alpha value is -1.13. The normalized spacial score (nSPS) is 19.1. The molecule has 0 radical (unpaired) electrons. The number of hydrogen-bond donors (Lipinski definition) is 1. The minimum Gasteiger partial charge on any atom is -0.379 e. The summed E-state index contributed by atoms with van der Waals surface area (Å²) in [5.41, 5.74) is 2.37. The number of aromatic nitrogens is 1. The monoisotopic (exact) mass is 263 g/mol. The molecule has 0 bridgehead atoms. The van der Waals surface area contributed by atoms with Crippen molar-refractivity contribution < 1.29 is 4.74 Å². The molecule has 1 fully saturated rings. The van der Waals surface area contributed by atoms with Crippen LogP contribution in [0.4, 0.5) is 5.82 Å². The van der Waals surface area contributed by atoms with Gasteiger partial charge in [0.05, 0.1) is 12.6 Å². The second-order valence-electron chi connectivity index (χ2n) is 5.64. The van der Waals surface area contributed by atoms with Crippen LogP contribution in [-0.4, -0.2) is 37.3 Å². The van der Waals surface area contributed by atoms with Crippen LogP contribution in [0.15, 0.2) is 12.1 Å². The maximum Gasteiger partial charge on any atom is 0.129 e. The Morgan fingerprint density at radius 1 is 1.47 bits per heavy atom. The highest BCUT2D eigenvalue weighted by molar-refractivity contribution is 5.43. The number of rotatable bonds is 5. The van der Waals surface area contributed by atoms with Gasteiger partial charge in [0, 0.05) is 31.9 Å². The third-order valence-corrected chi connectivity index (χ3v) is 3.53. The van der Waals surface area contributed by atoms with Crippen LogP contribution in [0.5, 0.6) is 0 Å². The highest BCUT2D eigenvalue weighted by Crippen LogP contribution is 2.20. The van der Waals surface area contributed by atoms with Gasteiger partial charge in [-0.25, -0.2) is 4.98 Å². The van der Waals surface area contributed by atoms with Crippen LogP contribution in [0, 0.1) is 6.92 Å². The first-order valence-electron chi connectivity index (χ1n) is 7.08. The molecule has 2 rings (SSSR count). The summed E-state index contributed by atoms with van der Waals surface area (Å²) < 4.78 is 5.46. The van der Waals surface area contributed by atoms with Gasteiger partial charge in [-0.15, -0.1) is 0 Å².